The Kier molecular flexibility index (Phi) is 6.49. The van der Waals surface area contributed by atoms with Crippen LogP contribution in [0, 0.1) is 0 Å². The lowest BCUT2D eigenvalue weighted by Gasteiger charge is -2.17. The van der Waals surface area contributed by atoms with Crippen molar-refractivity contribution in [1.29, 1.82) is 0 Å². The van der Waals surface area contributed by atoms with Gasteiger partial charge < -0.3 is 4.57 Å². The summed E-state index contributed by atoms with van der Waals surface area (Å²) in [4.78, 5) is 0. The molecule has 0 saturated heterocycles. The second-order valence-electron chi connectivity index (χ2n) is 13.7. The zero-order valence-electron chi connectivity index (χ0n) is 28.3. The molecule has 0 aliphatic heterocycles. The number of hydrogen-bond acceptors (Lipinski definition) is 1. The van der Waals surface area contributed by atoms with E-state index in [4.69, 9.17) is 0 Å². The Balaban J connectivity index is 1.21. The fraction of sp³-hybridized carbons (Fsp3) is 0. The monoisotopic (exact) mass is 677 g/mol. The maximum absolute atomic E-state index is 2.52. The lowest BCUT2D eigenvalue weighted by atomic mass is 9.94. The SMILES string of the molecule is c1ccc(-c2ccc3c(-n4c5ccccc5c5cc(-c6cccc7c6sc6ccccc67)ccc54)c4cc(-c5ccccc5)ccc4cc3c2)cc1. The van der Waals surface area contributed by atoms with Crippen molar-refractivity contribution in [2.24, 2.45) is 0 Å². The number of thiophene rings is 1. The number of fused-ring (bicyclic) bond motifs is 8. The molecule has 1 nitrogen and oxygen atoms in total. The minimum Gasteiger partial charge on any atom is -0.308 e. The standard InChI is InChI=1S/C50H31NS/c1-3-12-32(13-4-1)34-24-26-39-38(28-34)29-36-23-22-35(33-14-5-2-6-15-33)30-44(36)49(39)51-46-20-9-7-16-41(46)45-31-37(25-27-47(45)51)40-18-11-19-43-42-17-8-10-21-48(42)52-50(40)43/h1-31H. The van der Waals surface area contributed by atoms with E-state index in [1.807, 2.05) is 11.3 Å². The van der Waals surface area contributed by atoms with Gasteiger partial charge in [-0.2, -0.15) is 0 Å². The highest BCUT2D eigenvalue weighted by molar-refractivity contribution is 7.26. The van der Waals surface area contributed by atoms with Crippen LogP contribution in [0.3, 0.4) is 0 Å². The molecule has 0 amide bonds. The number of rotatable bonds is 4. The van der Waals surface area contributed by atoms with Crippen molar-refractivity contribution in [2.45, 2.75) is 0 Å². The van der Waals surface area contributed by atoms with Gasteiger partial charge in [-0.15, -0.1) is 11.3 Å². The van der Waals surface area contributed by atoms with Crippen LogP contribution in [-0.2, 0) is 0 Å². The van der Waals surface area contributed by atoms with Gasteiger partial charge in [0.25, 0.3) is 0 Å². The van der Waals surface area contributed by atoms with Gasteiger partial charge >= 0.3 is 0 Å². The van der Waals surface area contributed by atoms with Gasteiger partial charge in [-0.25, -0.2) is 0 Å². The van der Waals surface area contributed by atoms with Gasteiger partial charge in [-0.1, -0.05) is 146 Å². The first-order valence-corrected chi connectivity index (χ1v) is 18.7. The van der Waals surface area contributed by atoms with Crippen LogP contribution in [0.2, 0.25) is 0 Å². The third-order valence-electron chi connectivity index (χ3n) is 10.8. The van der Waals surface area contributed by atoms with Crippen LogP contribution < -0.4 is 0 Å². The summed E-state index contributed by atoms with van der Waals surface area (Å²) in [5, 5.41) is 10.1. The number of benzene rings is 9. The summed E-state index contributed by atoms with van der Waals surface area (Å²) >= 11 is 1.89. The Bertz CT molecular complexity index is 3170. The topological polar surface area (TPSA) is 4.93 Å². The summed E-state index contributed by atoms with van der Waals surface area (Å²) in [6.45, 7) is 0. The molecular weight excluding hydrogens is 647 g/mol. The highest BCUT2D eigenvalue weighted by Crippen LogP contribution is 2.44. The van der Waals surface area contributed by atoms with E-state index in [2.05, 4.69) is 193 Å². The van der Waals surface area contributed by atoms with E-state index in [9.17, 15) is 0 Å². The fourth-order valence-corrected chi connectivity index (χ4v) is 9.55. The van der Waals surface area contributed by atoms with E-state index in [0.29, 0.717) is 0 Å². The van der Waals surface area contributed by atoms with Crippen LogP contribution in [0.1, 0.15) is 0 Å². The molecular formula is C50H31NS. The summed E-state index contributed by atoms with van der Waals surface area (Å²) < 4.78 is 5.20. The van der Waals surface area contributed by atoms with Crippen molar-refractivity contribution in [1.82, 2.24) is 4.57 Å². The molecule has 9 aromatic carbocycles. The molecule has 0 N–H and O–H groups in total. The predicted octanol–water partition coefficient (Wildman–Crippen LogP) is 14.5. The van der Waals surface area contributed by atoms with Crippen molar-refractivity contribution in [2.75, 3.05) is 0 Å². The molecule has 0 radical (unpaired) electrons. The van der Waals surface area contributed by atoms with Gasteiger partial charge in [0, 0.05) is 41.7 Å². The lowest BCUT2D eigenvalue weighted by molar-refractivity contribution is 1.21. The van der Waals surface area contributed by atoms with Gasteiger partial charge in [0.15, 0.2) is 0 Å². The van der Waals surface area contributed by atoms with E-state index in [0.717, 1.165) is 0 Å². The molecule has 0 atom stereocenters. The third kappa shape index (κ3) is 4.48. The maximum atomic E-state index is 2.52. The zero-order valence-corrected chi connectivity index (χ0v) is 29.1. The molecule has 0 fully saturated rings. The average molecular weight is 678 g/mol. The van der Waals surface area contributed by atoms with E-state index >= 15 is 0 Å². The first-order chi connectivity index (χ1) is 25.8. The molecule has 0 bridgehead atoms. The Morgan fingerprint density at radius 3 is 1.79 bits per heavy atom. The third-order valence-corrected chi connectivity index (χ3v) is 12.0. The Morgan fingerprint density at radius 1 is 0.327 bits per heavy atom. The largest absolute Gasteiger partial charge is 0.308 e. The molecule has 2 heteroatoms. The van der Waals surface area contributed by atoms with Crippen LogP contribution in [0.25, 0.3) is 103 Å². The normalized spacial score (nSPS) is 11.8. The summed E-state index contributed by atoms with van der Waals surface area (Å²) in [5.41, 5.74) is 11.1. The number of para-hydroxylation sites is 1. The van der Waals surface area contributed by atoms with E-state index in [-0.39, 0.29) is 0 Å². The van der Waals surface area contributed by atoms with Crippen molar-refractivity contribution < 1.29 is 0 Å². The molecule has 0 aliphatic carbocycles. The van der Waals surface area contributed by atoms with Crippen LogP contribution in [0.15, 0.2) is 188 Å². The molecule has 0 spiro atoms. The van der Waals surface area contributed by atoms with Gasteiger partial charge in [0.05, 0.1) is 16.7 Å². The highest BCUT2D eigenvalue weighted by Gasteiger charge is 2.19. The quantitative estimate of drug-likeness (QED) is 0.163. The van der Waals surface area contributed by atoms with Crippen LogP contribution in [-0.4, -0.2) is 4.57 Å². The molecule has 2 heterocycles. The van der Waals surface area contributed by atoms with Gasteiger partial charge in [0.1, 0.15) is 0 Å². The second kappa shape index (κ2) is 11.5. The van der Waals surface area contributed by atoms with Crippen molar-refractivity contribution in [3.8, 4) is 39.1 Å². The number of nitrogens with zero attached hydrogens (tertiary/aromatic N) is 1. The second-order valence-corrected chi connectivity index (χ2v) is 14.7. The predicted molar refractivity (Wildman–Crippen MR) is 225 cm³/mol. The fourth-order valence-electron chi connectivity index (χ4n) is 8.31. The number of hydrogen-bond donors (Lipinski definition) is 0. The summed E-state index contributed by atoms with van der Waals surface area (Å²) in [7, 11) is 0. The molecule has 52 heavy (non-hydrogen) atoms. The molecule has 11 rings (SSSR count). The van der Waals surface area contributed by atoms with Crippen LogP contribution in [0.4, 0.5) is 0 Å². The number of aromatic nitrogens is 1. The molecule has 242 valence electrons. The van der Waals surface area contributed by atoms with E-state index in [1.165, 1.54) is 103 Å². The van der Waals surface area contributed by atoms with Crippen molar-refractivity contribution >= 4 is 74.9 Å². The zero-order chi connectivity index (χ0) is 34.2. The molecule has 11 aromatic rings. The molecule has 0 unspecified atom stereocenters. The van der Waals surface area contributed by atoms with Crippen molar-refractivity contribution in [3.05, 3.63) is 188 Å². The van der Waals surface area contributed by atoms with E-state index in [1.54, 1.807) is 0 Å². The van der Waals surface area contributed by atoms with Gasteiger partial charge in [0.2, 0.25) is 0 Å². The first kappa shape index (κ1) is 29.3. The first-order valence-electron chi connectivity index (χ1n) is 17.8. The molecule has 2 aromatic heterocycles. The van der Waals surface area contributed by atoms with Gasteiger partial charge in [-0.05, 0) is 86.6 Å². The lowest BCUT2D eigenvalue weighted by Crippen LogP contribution is -1.98. The minimum atomic E-state index is 1.21. The Hall–Kier alpha value is -6.48. The average Bonchev–Trinajstić information content (AvgIpc) is 3.76. The Morgan fingerprint density at radius 2 is 0.962 bits per heavy atom. The highest BCUT2D eigenvalue weighted by atomic mass is 32.1. The van der Waals surface area contributed by atoms with Gasteiger partial charge in [-0.3, -0.25) is 0 Å². The van der Waals surface area contributed by atoms with E-state index < -0.39 is 0 Å². The summed E-state index contributed by atoms with van der Waals surface area (Å²) in [5.74, 6) is 0. The minimum absolute atomic E-state index is 1.21. The molecule has 0 aliphatic rings. The maximum Gasteiger partial charge on any atom is 0.0619 e. The summed E-state index contributed by atoms with van der Waals surface area (Å²) in [6, 6.07) is 69.3. The van der Waals surface area contributed by atoms with Crippen LogP contribution in [0.5, 0.6) is 0 Å². The molecule has 0 saturated carbocycles. The smallest absolute Gasteiger partial charge is 0.0619 e. The summed E-state index contributed by atoms with van der Waals surface area (Å²) in [6.07, 6.45) is 0. The Labute approximate surface area is 305 Å². The van der Waals surface area contributed by atoms with Crippen molar-refractivity contribution in [3.63, 3.8) is 0 Å². The van der Waals surface area contributed by atoms with Crippen LogP contribution >= 0.6 is 11.3 Å².